The normalized spacial score (nSPS) is 13.6. The van der Waals surface area contributed by atoms with Crippen molar-refractivity contribution in [2.75, 3.05) is 0 Å². The van der Waals surface area contributed by atoms with E-state index in [9.17, 15) is 22.8 Å². The third-order valence-corrected chi connectivity index (χ3v) is 5.33. The molecular formula is C17H28O9S. The Balaban J connectivity index is 4.51. The summed E-state index contributed by atoms with van der Waals surface area (Å²) in [5.74, 6) is -4.62. The van der Waals surface area contributed by atoms with Crippen LogP contribution in [0.1, 0.15) is 64.7 Å². The van der Waals surface area contributed by atoms with Crippen molar-refractivity contribution in [3.63, 3.8) is 0 Å². The number of rotatable bonds is 16. The highest BCUT2D eigenvalue weighted by Gasteiger charge is 2.37. The topological polar surface area (TPSA) is 155 Å². The molecule has 1 atom stereocenters. The predicted octanol–water partition coefficient (Wildman–Crippen LogP) is 1.28. The van der Waals surface area contributed by atoms with Gasteiger partial charge >= 0.3 is 5.97 Å². The van der Waals surface area contributed by atoms with Gasteiger partial charge in [0.25, 0.3) is 16.1 Å². The molecule has 0 saturated carbocycles. The van der Waals surface area contributed by atoms with Crippen LogP contribution >= 0.6 is 0 Å². The van der Waals surface area contributed by atoms with Crippen molar-refractivity contribution in [2.24, 2.45) is 0 Å². The van der Waals surface area contributed by atoms with E-state index in [0.717, 1.165) is 32.3 Å². The van der Waals surface area contributed by atoms with Gasteiger partial charge in [-0.15, -0.1) is 0 Å². The lowest BCUT2D eigenvalue weighted by molar-refractivity contribution is -0.275. The lowest BCUT2D eigenvalue weighted by atomic mass is 10.0. The zero-order chi connectivity index (χ0) is 20.9. The molecule has 0 fully saturated rings. The number of allylic oxidation sites excluding steroid dienone is 1. The quantitative estimate of drug-likeness (QED) is 0.113. The zero-order valence-corrected chi connectivity index (χ0v) is 16.2. The van der Waals surface area contributed by atoms with Gasteiger partial charge in [0, 0.05) is 25.8 Å². The standard InChI is InChI=1S/C17H28O9S/c1-17(22,23)26-27(24,25)15(14(19)10-9-13-18)11-7-5-3-2-4-6-8-12-16(20)21/h8,12-13,15,22-23H,2-7,9-11H2,1H3,(H,20,21). The summed E-state index contributed by atoms with van der Waals surface area (Å²) >= 11 is 0. The van der Waals surface area contributed by atoms with Crippen LogP contribution in [0, 0.1) is 0 Å². The van der Waals surface area contributed by atoms with E-state index in [2.05, 4.69) is 4.18 Å². The van der Waals surface area contributed by atoms with Gasteiger partial charge < -0.3 is 20.1 Å². The molecule has 156 valence electrons. The largest absolute Gasteiger partial charge is 0.478 e. The first-order valence-corrected chi connectivity index (χ1v) is 10.2. The first kappa shape index (κ1) is 25.4. The van der Waals surface area contributed by atoms with Crippen LogP contribution in [0.4, 0.5) is 0 Å². The molecule has 3 N–H and O–H groups in total. The monoisotopic (exact) mass is 408 g/mol. The van der Waals surface area contributed by atoms with E-state index in [4.69, 9.17) is 15.3 Å². The van der Waals surface area contributed by atoms with E-state index < -0.39 is 33.1 Å². The molecule has 0 aliphatic heterocycles. The maximum Gasteiger partial charge on any atom is 0.327 e. The van der Waals surface area contributed by atoms with E-state index in [-0.39, 0.29) is 19.3 Å². The number of carbonyl (C=O) groups excluding carboxylic acids is 2. The summed E-state index contributed by atoms with van der Waals surface area (Å²) < 4.78 is 28.5. The summed E-state index contributed by atoms with van der Waals surface area (Å²) in [6, 6.07) is 0. The number of aliphatic hydroxyl groups is 2. The number of carboxylic acids is 1. The number of aldehydes is 1. The number of carbonyl (C=O) groups is 3. The van der Waals surface area contributed by atoms with Crippen LogP contribution in [-0.2, 0) is 28.7 Å². The third-order valence-electron chi connectivity index (χ3n) is 3.59. The fraction of sp³-hybridized carbons (Fsp3) is 0.706. The highest BCUT2D eigenvalue weighted by Crippen LogP contribution is 2.20. The SMILES string of the molecule is CC(O)(O)OS(=O)(=O)C(CCCCCCCC=CC(=O)O)C(=O)CCC=O. The number of carboxylic acid groups (broad SMARTS) is 1. The van der Waals surface area contributed by atoms with Gasteiger partial charge in [0.2, 0.25) is 0 Å². The molecule has 27 heavy (non-hydrogen) atoms. The Morgan fingerprint density at radius 3 is 2.22 bits per heavy atom. The van der Waals surface area contributed by atoms with Gasteiger partial charge in [-0.05, 0) is 19.3 Å². The summed E-state index contributed by atoms with van der Waals surface area (Å²) in [5, 5.41) is 25.2. The fourth-order valence-electron chi connectivity index (χ4n) is 2.41. The van der Waals surface area contributed by atoms with Gasteiger partial charge in [-0.3, -0.25) is 4.79 Å². The van der Waals surface area contributed by atoms with Crippen LogP contribution in [0.5, 0.6) is 0 Å². The average Bonchev–Trinajstić information content (AvgIpc) is 2.51. The van der Waals surface area contributed by atoms with Crippen molar-refractivity contribution in [1.82, 2.24) is 0 Å². The average molecular weight is 408 g/mol. The highest BCUT2D eigenvalue weighted by molar-refractivity contribution is 7.88. The molecule has 0 aliphatic rings. The second-order valence-electron chi connectivity index (χ2n) is 6.26. The highest BCUT2D eigenvalue weighted by atomic mass is 32.2. The molecule has 0 aromatic heterocycles. The molecule has 10 heteroatoms. The predicted molar refractivity (Wildman–Crippen MR) is 96.0 cm³/mol. The fourth-order valence-corrected chi connectivity index (χ4v) is 3.86. The van der Waals surface area contributed by atoms with E-state index in [0.29, 0.717) is 25.5 Å². The minimum absolute atomic E-state index is 0.0466. The van der Waals surface area contributed by atoms with Gasteiger partial charge in [0.1, 0.15) is 11.5 Å². The van der Waals surface area contributed by atoms with Gasteiger partial charge in [0.15, 0.2) is 5.78 Å². The van der Waals surface area contributed by atoms with Crippen LogP contribution in [0.3, 0.4) is 0 Å². The molecule has 0 heterocycles. The molecule has 0 amide bonds. The van der Waals surface area contributed by atoms with E-state index in [1.807, 2.05) is 0 Å². The number of aliphatic carboxylic acids is 1. The molecule has 0 bridgehead atoms. The van der Waals surface area contributed by atoms with Crippen molar-refractivity contribution >= 4 is 28.2 Å². The van der Waals surface area contributed by atoms with Crippen molar-refractivity contribution in [2.45, 2.75) is 75.9 Å². The first-order chi connectivity index (χ1) is 12.5. The van der Waals surface area contributed by atoms with Gasteiger partial charge in [-0.25, -0.2) is 8.98 Å². The number of unbranched alkanes of at least 4 members (excludes halogenated alkanes) is 5. The first-order valence-electron chi connectivity index (χ1n) is 8.74. The van der Waals surface area contributed by atoms with Crippen molar-refractivity contribution in [3.05, 3.63) is 12.2 Å². The van der Waals surface area contributed by atoms with E-state index in [1.165, 1.54) is 0 Å². The van der Waals surface area contributed by atoms with Crippen molar-refractivity contribution < 1.29 is 42.3 Å². The number of hydrogen-bond donors (Lipinski definition) is 3. The van der Waals surface area contributed by atoms with Crippen LogP contribution in [0.15, 0.2) is 12.2 Å². The maximum atomic E-state index is 12.1. The zero-order valence-electron chi connectivity index (χ0n) is 15.4. The minimum Gasteiger partial charge on any atom is -0.478 e. The van der Waals surface area contributed by atoms with E-state index in [1.54, 1.807) is 6.08 Å². The second-order valence-corrected chi connectivity index (χ2v) is 7.98. The van der Waals surface area contributed by atoms with Crippen LogP contribution in [0.25, 0.3) is 0 Å². The molecule has 0 spiro atoms. The summed E-state index contributed by atoms with van der Waals surface area (Å²) in [7, 11) is -4.55. The van der Waals surface area contributed by atoms with Gasteiger partial charge in [-0.1, -0.05) is 31.8 Å². The summed E-state index contributed by atoms with van der Waals surface area (Å²) in [4.78, 5) is 32.8. The van der Waals surface area contributed by atoms with Crippen molar-refractivity contribution in [3.8, 4) is 0 Å². The van der Waals surface area contributed by atoms with Crippen LogP contribution in [0.2, 0.25) is 0 Å². The molecular weight excluding hydrogens is 380 g/mol. The molecule has 9 nitrogen and oxygen atoms in total. The van der Waals surface area contributed by atoms with Gasteiger partial charge in [-0.2, -0.15) is 8.42 Å². The summed E-state index contributed by atoms with van der Waals surface area (Å²) in [5.41, 5.74) is 0. The smallest absolute Gasteiger partial charge is 0.327 e. The molecule has 0 aliphatic carbocycles. The molecule has 0 rings (SSSR count). The Bertz CT molecular complexity index is 602. The van der Waals surface area contributed by atoms with Gasteiger partial charge in [0.05, 0.1) is 0 Å². The Morgan fingerprint density at radius 1 is 1.07 bits per heavy atom. The number of ketones is 1. The Hall–Kier alpha value is -1.62. The maximum absolute atomic E-state index is 12.1. The van der Waals surface area contributed by atoms with E-state index >= 15 is 0 Å². The minimum atomic E-state index is -4.55. The Kier molecular flexibility index (Phi) is 11.9. The molecule has 0 aromatic carbocycles. The number of Topliss-reactive ketones (excluding diaryl/α,β-unsaturated/α-hetero) is 1. The molecule has 1 unspecified atom stereocenters. The lowest BCUT2D eigenvalue weighted by Gasteiger charge is -2.21. The van der Waals surface area contributed by atoms with Crippen LogP contribution in [-0.4, -0.2) is 53.0 Å². The summed E-state index contributed by atoms with van der Waals surface area (Å²) in [6.45, 7) is 0.719. The lowest BCUT2D eigenvalue weighted by Crippen LogP contribution is -2.39. The molecule has 0 radical (unpaired) electrons. The Labute approximate surface area is 159 Å². The number of hydrogen-bond acceptors (Lipinski definition) is 8. The third kappa shape index (κ3) is 13.2. The Morgan fingerprint density at radius 2 is 1.67 bits per heavy atom. The second kappa shape index (κ2) is 12.7. The molecule has 0 aromatic rings. The summed E-state index contributed by atoms with van der Waals surface area (Å²) in [6.07, 6.45) is 6.78. The van der Waals surface area contributed by atoms with Crippen molar-refractivity contribution in [1.29, 1.82) is 0 Å². The molecule has 0 saturated heterocycles. The van der Waals surface area contributed by atoms with Crippen LogP contribution < -0.4 is 0 Å².